The second-order valence-electron chi connectivity index (χ2n) is 7.66. The maximum atomic E-state index is 12.4. The fourth-order valence-electron chi connectivity index (χ4n) is 4.17. The molecule has 2 amide bonds. The number of carbonyl (C=O) groups is 2. The molecular weight excluding hydrogens is 446 g/mol. The third-order valence-electron chi connectivity index (χ3n) is 5.84. The Morgan fingerprint density at radius 1 is 0.900 bits per heavy atom. The number of piperazine rings is 1. The Kier molecular flexibility index (Phi) is 6.39. The number of halogens is 1. The second-order valence-corrected chi connectivity index (χ2v) is 8.58. The van der Waals surface area contributed by atoms with Crippen molar-refractivity contribution >= 4 is 33.4 Å². The smallest absolute Gasteiger partial charge is 0.261 e. The van der Waals surface area contributed by atoms with Crippen molar-refractivity contribution in [2.75, 3.05) is 51.3 Å². The molecule has 4 rings (SSSR count). The van der Waals surface area contributed by atoms with Crippen molar-refractivity contribution in [2.45, 2.75) is 12.8 Å². The molecule has 30 heavy (non-hydrogen) atoms. The van der Waals surface area contributed by atoms with Crippen LogP contribution < -0.4 is 9.64 Å². The highest BCUT2D eigenvalue weighted by Gasteiger charge is 2.34. The Hall–Kier alpha value is -2.38. The van der Waals surface area contributed by atoms with Gasteiger partial charge in [0.1, 0.15) is 5.75 Å². The van der Waals surface area contributed by atoms with Crippen molar-refractivity contribution in [3.63, 3.8) is 0 Å². The molecule has 0 spiro atoms. The summed E-state index contributed by atoms with van der Waals surface area (Å²) in [5.41, 5.74) is 2.19. The van der Waals surface area contributed by atoms with Crippen LogP contribution in [0.5, 0.6) is 5.75 Å². The molecule has 0 bridgehead atoms. The first-order valence-electron chi connectivity index (χ1n) is 10.3. The van der Waals surface area contributed by atoms with Crippen LogP contribution in [0.4, 0.5) is 5.69 Å². The molecule has 2 aliphatic heterocycles. The van der Waals surface area contributed by atoms with Crippen molar-refractivity contribution < 1.29 is 14.3 Å². The van der Waals surface area contributed by atoms with Gasteiger partial charge in [0.2, 0.25) is 0 Å². The van der Waals surface area contributed by atoms with Crippen LogP contribution in [-0.2, 0) is 0 Å². The van der Waals surface area contributed by atoms with Gasteiger partial charge >= 0.3 is 0 Å². The molecule has 2 aromatic rings. The summed E-state index contributed by atoms with van der Waals surface area (Å²) in [6, 6.07) is 13.2. The summed E-state index contributed by atoms with van der Waals surface area (Å²) in [5.74, 6) is 0.569. The summed E-state index contributed by atoms with van der Waals surface area (Å²) >= 11 is 3.49. The Balaban J connectivity index is 1.22. The third kappa shape index (κ3) is 4.23. The molecule has 0 N–H and O–H groups in total. The van der Waals surface area contributed by atoms with E-state index in [-0.39, 0.29) is 11.8 Å². The molecule has 2 aliphatic rings. The largest absolute Gasteiger partial charge is 0.495 e. The number of anilines is 1. The van der Waals surface area contributed by atoms with Gasteiger partial charge in [-0.25, -0.2) is 0 Å². The predicted molar refractivity (Wildman–Crippen MR) is 120 cm³/mol. The predicted octanol–water partition coefficient (Wildman–Crippen LogP) is 3.66. The minimum atomic E-state index is -0.160. The van der Waals surface area contributed by atoms with E-state index in [1.165, 1.54) is 4.90 Å². The Labute approximate surface area is 185 Å². The Morgan fingerprint density at radius 3 is 2.17 bits per heavy atom. The molecular formula is C23H26BrN3O3. The first kappa shape index (κ1) is 20.9. The zero-order valence-corrected chi connectivity index (χ0v) is 18.7. The molecule has 0 radical (unpaired) electrons. The van der Waals surface area contributed by atoms with Crippen molar-refractivity contribution in [3.8, 4) is 5.75 Å². The Morgan fingerprint density at radius 2 is 1.53 bits per heavy atom. The number of ether oxygens (including phenoxy) is 1. The molecule has 2 heterocycles. The minimum absolute atomic E-state index is 0.160. The number of unbranched alkanes of at least 4 members (excludes halogenated alkanes) is 1. The van der Waals surface area contributed by atoms with Gasteiger partial charge in [0.15, 0.2) is 0 Å². The van der Waals surface area contributed by atoms with Gasteiger partial charge in [0.05, 0.1) is 23.9 Å². The highest BCUT2D eigenvalue weighted by atomic mass is 79.9. The number of fused-ring (bicyclic) bond motifs is 1. The number of imide groups is 1. The molecule has 2 aromatic carbocycles. The molecule has 0 unspecified atom stereocenters. The average molecular weight is 472 g/mol. The van der Waals surface area contributed by atoms with Crippen molar-refractivity contribution in [1.82, 2.24) is 9.80 Å². The SMILES string of the molecule is COc1cc(Br)ccc1N1CCN(CCCCN2C(=O)c3ccccc3C2=O)CC1. The number of benzene rings is 2. The van der Waals surface area contributed by atoms with Crippen LogP contribution in [0.15, 0.2) is 46.9 Å². The first-order valence-corrected chi connectivity index (χ1v) is 11.1. The van der Waals surface area contributed by atoms with E-state index >= 15 is 0 Å². The number of amides is 2. The van der Waals surface area contributed by atoms with Crippen LogP contribution >= 0.6 is 15.9 Å². The number of hydrogen-bond donors (Lipinski definition) is 0. The number of carbonyl (C=O) groups excluding carboxylic acids is 2. The quantitative estimate of drug-likeness (QED) is 0.455. The van der Waals surface area contributed by atoms with E-state index in [9.17, 15) is 9.59 Å². The molecule has 0 aliphatic carbocycles. The molecule has 158 valence electrons. The lowest BCUT2D eigenvalue weighted by molar-refractivity contribution is 0.0650. The number of methoxy groups -OCH3 is 1. The highest BCUT2D eigenvalue weighted by molar-refractivity contribution is 9.10. The van der Waals surface area contributed by atoms with Gasteiger partial charge in [-0.15, -0.1) is 0 Å². The summed E-state index contributed by atoms with van der Waals surface area (Å²) < 4.78 is 6.54. The lowest BCUT2D eigenvalue weighted by Gasteiger charge is -2.36. The van der Waals surface area contributed by atoms with Gasteiger partial charge in [-0.1, -0.05) is 28.1 Å². The third-order valence-corrected chi connectivity index (χ3v) is 6.33. The standard InChI is InChI=1S/C23H26BrN3O3/c1-30-21-16-17(24)8-9-20(21)26-14-12-25(13-15-26)10-4-5-11-27-22(28)18-6-2-3-7-19(18)23(27)29/h2-3,6-9,16H,4-5,10-15H2,1H3. The summed E-state index contributed by atoms with van der Waals surface area (Å²) in [4.78, 5) is 31.0. The van der Waals surface area contributed by atoms with Crippen LogP contribution in [0.25, 0.3) is 0 Å². The average Bonchev–Trinajstić information content (AvgIpc) is 3.02. The zero-order valence-electron chi connectivity index (χ0n) is 17.1. The fourth-order valence-corrected chi connectivity index (χ4v) is 4.51. The number of hydrogen-bond acceptors (Lipinski definition) is 5. The lowest BCUT2D eigenvalue weighted by atomic mass is 10.1. The van der Waals surface area contributed by atoms with Gasteiger partial charge in [-0.05, 0) is 49.7 Å². The second kappa shape index (κ2) is 9.18. The summed E-state index contributed by atoms with van der Waals surface area (Å²) in [6.45, 7) is 5.36. The van der Waals surface area contributed by atoms with E-state index in [4.69, 9.17) is 4.74 Å². The molecule has 6 nitrogen and oxygen atoms in total. The highest BCUT2D eigenvalue weighted by Crippen LogP contribution is 2.32. The first-order chi connectivity index (χ1) is 14.6. The molecule has 7 heteroatoms. The maximum Gasteiger partial charge on any atom is 0.261 e. The molecule has 0 aromatic heterocycles. The van der Waals surface area contributed by atoms with Crippen molar-refractivity contribution in [2.24, 2.45) is 0 Å². The van der Waals surface area contributed by atoms with Crippen LogP contribution in [0, 0.1) is 0 Å². The van der Waals surface area contributed by atoms with Gasteiger partial charge in [-0.2, -0.15) is 0 Å². The van der Waals surface area contributed by atoms with E-state index in [2.05, 4.69) is 31.8 Å². The normalized spacial score (nSPS) is 16.9. The summed E-state index contributed by atoms with van der Waals surface area (Å²) in [5, 5.41) is 0. The zero-order chi connectivity index (χ0) is 21.1. The van der Waals surface area contributed by atoms with Crippen LogP contribution in [0.1, 0.15) is 33.6 Å². The van der Waals surface area contributed by atoms with E-state index < -0.39 is 0 Å². The summed E-state index contributed by atoms with van der Waals surface area (Å²) in [6.07, 6.45) is 1.79. The molecule has 0 saturated carbocycles. The fraction of sp³-hybridized carbons (Fsp3) is 0.391. The van der Waals surface area contributed by atoms with E-state index in [1.807, 2.05) is 12.1 Å². The van der Waals surface area contributed by atoms with Crippen molar-refractivity contribution in [1.29, 1.82) is 0 Å². The van der Waals surface area contributed by atoms with Gasteiger partial charge in [0.25, 0.3) is 11.8 Å². The summed E-state index contributed by atoms with van der Waals surface area (Å²) in [7, 11) is 1.70. The minimum Gasteiger partial charge on any atom is -0.495 e. The van der Waals surface area contributed by atoms with E-state index in [0.717, 1.165) is 61.5 Å². The molecule has 1 saturated heterocycles. The lowest BCUT2D eigenvalue weighted by Crippen LogP contribution is -2.46. The van der Waals surface area contributed by atoms with Crippen LogP contribution in [0.3, 0.4) is 0 Å². The molecule has 0 atom stereocenters. The van der Waals surface area contributed by atoms with Crippen LogP contribution in [-0.4, -0.2) is 68.0 Å². The van der Waals surface area contributed by atoms with Crippen LogP contribution in [0.2, 0.25) is 0 Å². The van der Waals surface area contributed by atoms with Gasteiger partial charge in [0, 0.05) is 37.2 Å². The van der Waals surface area contributed by atoms with E-state index in [1.54, 1.807) is 31.4 Å². The number of nitrogens with zero attached hydrogens (tertiary/aromatic N) is 3. The molecule has 1 fully saturated rings. The van der Waals surface area contributed by atoms with Crippen molar-refractivity contribution in [3.05, 3.63) is 58.1 Å². The Bertz CT molecular complexity index is 906. The van der Waals surface area contributed by atoms with Gasteiger partial charge in [-0.3, -0.25) is 19.4 Å². The van der Waals surface area contributed by atoms with Gasteiger partial charge < -0.3 is 9.64 Å². The maximum absolute atomic E-state index is 12.4. The topological polar surface area (TPSA) is 53.1 Å². The monoisotopic (exact) mass is 471 g/mol. The number of rotatable bonds is 7. The van der Waals surface area contributed by atoms with E-state index in [0.29, 0.717) is 17.7 Å².